The van der Waals surface area contributed by atoms with Gasteiger partial charge in [-0.3, -0.25) is 23.4 Å². The number of nitrogens with one attached hydrogen (secondary N) is 1. The zero-order valence-electron chi connectivity index (χ0n) is 17.9. The third kappa shape index (κ3) is 6.54. The van der Waals surface area contributed by atoms with E-state index in [9.17, 15) is 54.0 Å². The van der Waals surface area contributed by atoms with Gasteiger partial charge in [-0.05, 0) is 0 Å². The Bertz CT molecular complexity index is 1120. The van der Waals surface area contributed by atoms with Crippen LogP contribution in [-0.2, 0) is 32.0 Å². The first kappa shape index (κ1) is 29.2. The Morgan fingerprint density at radius 3 is 2.17 bits per heavy atom. The maximum absolute atomic E-state index is 12.2. The molecular formula is C15H24N2O17P2. The first-order valence-corrected chi connectivity index (χ1v) is 13.0. The fraction of sp³-hybridized carbons (Fsp3) is 0.733. The van der Waals surface area contributed by atoms with Crippen molar-refractivity contribution in [3.8, 4) is 0 Å². The smallest absolute Gasteiger partial charge is 0.394 e. The van der Waals surface area contributed by atoms with Crippen LogP contribution < -0.4 is 11.2 Å². The summed E-state index contributed by atoms with van der Waals surface area (Å²) in [5.74, 6) is 0. The van der Waals surface area contributed by atoms with Crippen LogP contribution in [0.4, 0.5) is 0 Å². The number of hydrogen-bond donors (Lipinski definition) is 9. The van der Waals surface area contributed by atoms with E-state index in [0.717, 1.165) is 16.8 Å². The largest absolute Gasteiger partial charge is 0.483 e. The van der Waals surface area contributed by atoms with E-state index >= 15 is 0 Å². The van der Waals surface area contributed by atoms with E-state index < -0.39 is 95.4 Å². The molecule has 36 heavy (non-hydrogen) atoms. The average molecular weight is 566 g/mol. The minimum atomic E-state index is -5.59. The number of hydrogen-bond acceptors (Lipinski definition) is 15. The van der Waals surface area contributed by atoms with Crippen molar-refractivity contribution in [1.82, 2.24) is 9.55 Å². The highest BCUT2D eigenvalue weighted by molar-refractivity contribution is 7.61. The van der Waals surface area contributed by atoms with Crippen molar-refractivity contribution in [2.45, 2.75) is 55.2 Å². The van der Waals surface area contributed by atoms with Gasteiger partial charge in [-0.1, -0.05) is 0 Å². The quantitative estimate of drug-likeness (QED) is 0.127. The van der Waals surface area contributed by atoms with Crippen LogP contribution in [0.25, 0.3) is 0 Å². The summed E-state index contributed by atoms with van der Waals surface area (Å²) < 4.78 is 48.1. The molecule has 206 valence electrons. The van der Waals surface area contributed by atoms with Gasteiger partial charge in [-0.25, -0.2) is 13.9 Å². The zero-order chi connectivity index (χ0) is 27.0. The number of aromatic nitrogens is 2. The number of phosphoric acid groups is 2. The summed E-state index contributed by atoms with van der Waals surface area (Å²) in [6.45, 7) is -1.93. The first-order valence-electron chi connectivity index (χ1n) is 9.99. The van der Waals surface area contributed by atoms with Crippen molar-refractivity contribution in [2.75, 3.05) is 13.2 Å². The summed E-state index contributed by atoms with van der Waals surface area (Å²) in [6, 6.07) is 0.928. The molecular weight excluding hydrogens is 542 g/mol. The van der Waals surface area contributed by atoms with Gasteiger partial charge in [-0.2, -0.15) is 4.31 Å². The number of H-pyrrole nitrogens is 1. The minimum Gasteiger partial charge on any atom is -0.394 e. The lowest BCUT2D eigenvalue weighted by molar-refractivity contribution is -0.280. The molecule has 0 amide bonds. The molecule has 0 aliphatic carbocycles. The Balaban J connectivity index is 1.61. The third-order valence-electron chi connectivity index (χ3n) is 5.16. The topological polar surface area (TPSA) is 297 Å². The molecule has 2 fully saturated rings. The van der Waals surface area contributed by atoms with E-state index in [2.05, 4.69) is 13.4 Å². The molecule has 2 aliphatic rings. The summed E-state index contributed by atoms with van der Waals surface area (Å²) in [4.78, 5) is 44.5. The highest BCUT2D eigenvalue weighted by Gasteiger charge is 2.49. The molecule has 0 spiro atoms. The van der Waals surface area contributed by atoms with Crippen molar-refractivity contribution in [3.63, 3.8) is 0 Å². The fourth-order valence-corrected chi connectivity index (χ4v) is 5.51. The van der Waals surface area contributed by atoms with Gasteiger partial charge in [0.05, 0.1) is 13.2 Å². The molecule has 21 heteroatoms. The molecule has 2 aliphatic heterocycles. The summed E-state index contributed by atoms with van der Waals surface area (Å²) in [6.07, 6.45) is -15.4. The Labute approximate surface area is 199 Å². The lowest BCUT2D eigenvalue weighted by Crippen LogP contribution is -2.58. The SMILES string of the molecule is O=c1ccn(C2OC(COP(=O)(O)OP(=O)(O)O[C@H]3OC(CO)[C@H](O)[C@H](O)C3O)C(O)C2O)c(=O)[nH]1. The van der Waals surface area contributed by atoms with Crippen molar-refractivity contribution < 1.29 is 72.4 Å². The minimum absolute atomic E-state index is 0.723. The first-order chi connectivity index (χ1) is 16.7. The number of phosphoric ester groups is 2. The number of rotatable bonds is 9. The van der Waals surface area contributed by atoms with Gasteiger partial charge in [0.25, 0.3) is 5.56 Å². The molecule has 2 saturated heterocycles. The van der Waals surface area contributed by atoms with E-state index in [4.69, 9.17) is 14.6 Å². The normalized spacial score (nSPS) is 38.4. The van der Waals surface area contributed by atoms with E-state index in [1.807, 2.05) is 4.98 Å². The number of aliphatic hydroxyl groups is 6. The van der Waals surface area contributed by atoms with E-state index in [-0.39, 0.29) is 0 Å². The van der Waals surface area contributed by atoms with E-state index in [1.54, 1.807) is 0 Å². The van der Waals surface area contributed by atoms with Crippen LogP contribution in [0.3, 0.4) is 0 Å². The van der Waals surface area contributed by atoms with Gasteiger partial charge >= 0.3 is 21.3 Å². The standard InChI is InChI=1S/C15H24N2O17P2/c18-3-5-8(20)10(22)12(24)14(32-5)33-36(28,29)34-35(26,27)30-4-6-9(21)11(23)13(31-6)17-2-1-7(19)16-15(17)25/h1-2,5-6,8-14,18,20-24H,3-4H2,(H,26,27)(H,28,29)(H,16,19,25)/t5?,6?,8-,9?,10-,11?,12?,13?,14+/m0/s1. The van der Waals surface area contributed by atoms with E-state index in [1.165, 1.54) is 0 Å². The van der Waals surface area contributed by atoms with Crippen LogP contribution in [0.15, 0.2) is 21.9 Å². The maximum Gasteiger partial charge on any atom is 0.483 e. The van der Waals surface area contributed by atoms with Gasteiger partial charge in [0.1, 0.15) is 42.7 Å². The second kappa shape index (κ2) is 11.2. The zero-order valence-corrected chi connectivity index (χ0v) is 19.6. The number of nitrogens with zero attached hydrogens (tertiary/aromatic N) is 1. The molecule has 9 N–H and O–H groups in total. The number of aromatic amines is 1. The summed E-state index contributed by atoms with van der Waals surface area (Å²) in [5.41, 5.74) is -1.75. The predicted octanol–water partition coefficient (Wildman–Crippen LogP) is -4.79. The van der Waals surface area contributed by atoms with Gasteiger partial charge in [0.15, 0.2) is 12.5 Å². The van der Waals surface area contributed by atoms with Gasteiger partial charge in [-0.15, -0.1) is 0 Å². The Morgan fingerprint density at radius 1 is 0.917 bits per heavy atom. The highest BCUT2D eigenvalue weighted by atomic mass is 31.3. The Kier molecular flexibility index (Phi) is 9.05. The third-order valence-corrected chi connectivity index (χ3v) is 7.76. The van der Waals surface area contributed by atoms with Crippen molar-refractivity contribution in [3.05, 3.63) is 33.1 Å². The predicted molar refractivity (Wildman–Crippen MR) is 109 cm³/mol. The number of aliphatic hydroxyl groups excluding tert-OH is 6. The molecule has 19 nitrogen and oxygen atoms in total. The number of ether oxygens (including phenoxy) is 2. The molecule has 1 aromatic rings. The van der Waals surface area contributed by atoms with Crippen molar-refractivity contribution in [2.24, 2.45) is 0 Å². The second-order valence-corrected chi connectivity index (χ2v) is 10.7. The molecule has 3 heterocycles. The summed E-state index contributed by atoms with van der Waals surface area (Å²) in [7, 11) is -11.1. The highest BCUT2D eigenvalue weighted by Crippen LogP contribution is 2.61. The second-order valence-electron chi connectivity index (χ2n) is 7.68. The van der Waals surface area contributed by atoms with Crippen LogP contribution in [0.5, 0.6) is 0 Å². The molecule has 0 saturated carbocycles. The molecule has 0 bridgehead atoms. The lowest BCUT2D eigenvalue weighted by Gasteiger charge is -2.39. The monoisotopic (exact) mass is 566 g/mol. The van der Waals surface area contributed by atoms with Gasteiger partial charge in [0, 0.05) is 12.3 Å². The maximum atomic E-state index is 12.2. The molecule has 11 atom stereocenters. The van der Waals surface area contributed by atoms with Crippen molar-refractivity contribution in [1.29, 1.82) is 0 Å². The molecule has 1 aromatic heterocycles. The van der Waals surface area contributed by atoms with Gasteiger partial charge < -0.3 is 49.9 Å². The summed E-state index contributed by atoms with van der Waals surface area (Å²) in [5, 5.41) is 58.6. The molecule has 0 aromatic carbocycles. The average Bonchev–Trinajstić information content (AvgIpc) is 3.06. The molecule has 3 rings (SSSR count). The van der Waals surface area contributed by atoms with Crippen LogP contribution in [-0.4, -0.2) is 112 Å². The van der Waals surface area contributed by atoms with Crippen molar-refractivity contribution >= 4 is 15.6 Å². The molecule has 0 radical (unpaired) electrons. The van der Waals surface area contributed by atoms with Gasteiger partial charge in [0.2, 0.25) is 0 Å². The van der Waals surface area contributed by atoms with Crippen LogP contribution in [0.2, 0.25) is 0 Å². The lowest BCUT2D eigenvalue weighted by atomic mass is 10.00. The van der Waals surface area contributed by atoms with Crippen LogP contribution in [0.1, 0.15) is 6.23 Å². The van der Waals surface area contributed by atoms with E-state index in [0.29, 0.717) is 0 Å². The summed E-state index contributed by atoms with van der Waals surface area (Å²) >= 11 is 0. The Hall–Kier alpha value is -1.38. The van der Waals surface area contributed by atoms with Crippen LogP contribution >= 0.6 is 15.6 Å². The van der Waals surface area contributed by atoms with Crippen LogP contribution in [0, 0.1) is 0 Å². The fourth-order valence-electron chi connectivity index (χ4n) is 3.35. The Morgan fingerprint density at radius 2 is 1.56 bits per heavy atom. The molecule has 8 unspecified atom stereocenters.